The highest BCUT2D eigenvalue weighted by Crippen LogP contribution is 2.06. The largest absolute Gasteiger partial charge is 0.302 e. The molecule has 0 aromatic carbocycles. The van der Waals surface area contributed by atoms with Gasteiger partial charge in [0.1, 0.15) is 0 Å². The Morgan fingerprint density at radius 2 is 2.00 bits per heavy atom. The third-order valence-electron chi connectivity index (χ3n) is 0.592. The highest BCUT2D eigenvalue weighted by molar-refractivity contribution is 5.64. The van der Waals surface area contributed by atoms with Gasteiger partial charge in [-0.2, -0.15) is 5.26 Å². The number of nitrogens with zero attached hydrogens (tertiary/aromatic N) is 1. The van der Waals surface area contributed by atoms with Crippen LogP contribution in [0.15, 0.2) is 0 Å². The van der Waals surface area contributed by atoms with Gasteiger partial charge in [-0.3, -0.25) is 0 Å². The van der Waals surface area contributed by atoms with Gasteiger partial charge in [0.15, 0.2) is 0 Å². The van der Waals surface area contributed by atoms with E-state index in [0.29, 0.717) is 0 Å². The van der Waals surface area contributed by atoms with Crippen molar-refractivity contribution in [3.63, 3.8) is 0 Å². The predicted octanol–water partition coefficient (Wildman–Crippen LogP) is 1.06. The van der Waals surface area contributed by atoms with Crippen molar-refractivity contribution in [1.29, 1.82) is 10.7 Å². The lowest BCUT2D eigenvalue weighted by Gasteiger charge is -2.01. The van der Waals surface area contributed by atoms with Crippen LogP contribution in [-0.2, 0) is 0 Å². The van der Waals surface area contributed by atoms with Crippen LogP contribution in [0.3, 0.4) is 0 Å². The van der Waals surface area contributed by atoms with Crippen LogP contribution in [-0.4, -0.2) is 6.21 Å². The van der Waals surface area contributed by atoms with E-state index in [2.05, 4.69) is 6.21 Å². The fourth-order valence-electron chi connectivity index (χ4n) is 0.0280. The normalized spacial score (nSPS) is 9.86. The summed E-state index contributed by atoms with van der Waals surface area (Å²) >= 11 is 0. The Hall–Kier alpha value is -0.840. The zero-order valence-corrected chi connectivity index (χ0v) is 4.45. The molecule has 0 heterocycles. The molecule has 0 atom stereocenters. The van der Waals surface area contributed by atoms with Crippen LogP contribution < -0.4 is 0 Å². The molecule has 0 fully saturated rings. The summed E-state index contributed by atoms with van der Waals surface area (Å²) in [6.45, 7) is 3.28. The molecule has 7 heavy (non-hydrogen) atoms. The fraction of sp³-hybridized carbons (Fsp3) is 0.600. The van der Waals surface area contributed by atoms with Crippen molar-refractivity contribution in [3.8, 4) is 6.07 Å². The van der Waals surface area contributed by atoms with E-state index in [0.717, 1.165) is 0 Å². The average molecular weight is 95.1 g/mol. The molecule has 0 aliphatic carbocycles. The molecule has 0 bridgehead atoms. The molecule has 1 N–H and O–H groups in total. The number of rotatable bonds is 1. The minimum absolute atomic E-state index is 0.694. The van der Waals surface area contributed by atoms with Crippen LogP contribution in [0.5, 0.6) is 0 Å². The maximum atomic E-state index is 8.16. The molecule has 0 saturated heterocycles. The van der Waals surface area contributed by atoms with Crippen molar-refractivity contribution in [2.75, 3.05) is 0 Å². The molecule has 0 saturated carbocycles. The minimum Gasteiger partial charge on any atom is -0.302 e. The quantitative estimate of drug-likeness (QED) is 0.486. The van der Waals surface area contributed by atoms with Gasteiger partial charge >= 0.3 is 0 Å². The predicted molar refractivity (Wildman–Crippen MR) is 27.1 cm³/mol. The summed E-state index contributed by atoms with van der Waals surface area (Å²) in [6.07, 6.45) is 2.08. The fourth-order valence-corrected chi connectivity index (χ4v) is 0.0280. The number of nitriles is 1. The van der Waals surface area contributed by atoms with Gasteiger partial charge in [0.25, 0.3) is 0 Å². The molecule has 0 aromatic heterocycles. The summed E-state index contributed by atoms with van der Waals surface area (Å²) in [5.41, 5.74) is -0.694. The lowest BCUT2D eigenvalue weighted by atomic mass is 9.99. The van der Waals surface area contributed by atoms with Crippen LogP contribution in [0.2, 0.25) is 0 Å². The summed E-state index contributed by atoms with van der Waals surface area (Å²) in [5.74, 6) is 0. The summed E-state index contributed by atoms with van der Waals surface area (Å²) in [4.78, 5) is 0. The minimum atomic E-state index is -0.694. The lowest BCUT2D eigenvalue weighted by molar-refractivity contribution is 0.708. The number of nitrogens with one attached hydrogen (secondary N) is 1. The van der Waals surface area contributed by atoms with E-state index in [4.69, 9.17) is 10.7 Å². The van der Waals surface area contributed by atoms with Crippen molar-refractivity contribution < 1.29 is 0 Å². The molecule has 0 aliphatic heterocycles. The highest BCUT2D eigenvalue weighted by atomic mass is 14.4. The average Bonchev–Trinajstić information content (AvgIpc) is 1.68. The first-order chi connectivity index (χ1) is 3.12. The van der Waals surface area contributed by atoms with Gasteiger partial charge in [-0.1, -0.05) is 0 Å². The molecular weight excluding hydrogens is 88.1 g/mol. The Labute approximate surface area is 43.3 Å². The van der Waals surface area contributed by atoms with Crippen LogP contribution in [0.1, 0.15) is 13.8 Å². The Kier molecular flexibility index (Phi) is 1.53. The zero-order valence-electron chi connectivity index (χ0n) is 4.45. The van der Waals surface area contributed by atoms with E-state index in [-0.39, 0.29) is 0 Å². The molecule has 0 unspecified atom stereocenters. The third kappa shape index (κ3) is 1.94. The smallest absolute Gasteiger partial charge is 0.0948 e. The van der Waals surface area contributed by atoms with E-state index in [1.54, 1.807) is 13.8 Å². The lowest BCUT2D eigenvalue weighted by Crippen LogP contribution is -2.07. The highest BCUT2D eigenvalue weighted by Gasteiger charge is 2.11. The summed E-state index contributed by atoms with van der Waals surface area (Å²) in [6, 6.07) is 1.89. The first-order valence-electron chi connectivity index (χ1n) is 1.97. The Balaban J connectivity index is 3.91. The molecule has 0 spiro atoms. The van der Waals surface area contributed by atoms with Crippen LogP contribution in [0.25, 0.3) is 0 Å². The van der Waals surface area contributed by atoms with Crippen LogP contribution >= 0.6 is 0 Å². The second-order valence-corrected chi connectivity index (χ2v) is 1.86. The van der Waals surface area contributed by atoms with Gasteiger partial charge in [0, 0.05) is 0 Å². The van der Waals surface area contributed by atoms with E-state index in [1.165, 1.54) is 0 Å². The molecule has 0 amide bonds. The Morgan fingerprint density at radius 3 is 2.00 bits per heavy atom. The van der Waals surface area contributed by atoms with Crippen molar-refractivity contribution in [1.82, 2.24) is 0 Å². The van der Waals surface area contributed by atoms with Gasteiger partial charge in [-0.15, -0.1) is 0 Å². The van der Waals surface area contributed by atoms with E-state index >= 15 is 0 Å². The van der Waals surface area contributed by atoms with Crippen LogP contribution in [0.4, 0.5) is 0 Å². The molecule has 0 rings (SSSR count). The monoisotopic (exact) mass is 95.1 g/mol. The van der Waals surface area contributed by atoms with Gasteiger partial charge in [0.2, 0.25) is 0 Å². The first-order valence-corrected chi connectivity index (χ1v) is 1.97. The Morgan fingerprint density at radius 1 is 1.57 bits per heavy atom. The van der Waals surface area contributed by atoms with Gasteiger partial charge in [0.05, 0.1) is 17.7 Å². The summed E-state index contributed by atoms with van der Waals surface area (Å²) < 4.78 is 0. The first kappa shape index (κ1) is 6.16. The number of hydrogen-bond donors (Lipinski definition) is 1. The van der Waals surface area contributed by atoms with Crippen molar-refractivity contribution in [2.45, 2.75) is 13.8 Å². The molecule has 2 heteroatoms. The molecule has 2 nitrogen and oxygen atoms in total. The van der Waals surface area contributed by atoms with Gasteiger partial charge < -0.3 is 5.41 Å². The molecular formula is C5H7N2. The van der Waals surface area contributed by atoms with E-state index in [1.807, 2.05) is 6.07 Å². The zero-order chi connectivity index (χ0) is 5.91. The SMILES string of the molecule is CC(C)([C]=N)C#N. The molecule has 37 valence electrons. The summed E-state index contributed by atoms with van der Waals surface area (Å²) in [7, 11) is 0. The van der Waals surface area contributed by atoms with E-state index in [9.17, 15) is 0 Å². The van der Waals surface area contributed by atoms with Crippen molar-refractivity contribution in [2.24, 2.45) is 5.41 Å². The molecule has 1 radical (unpaired) electrons. The maximum absolute atomic E-state index is 8.16. The van der Waals surface area contributed by atoms with Gasteiger partial charge in [-0.05, 0) is 13.8 Å². The second-order valence-electron chi connectivity index (χ2n) is 1.86. The van der Waals surface area contributed by atoms with Crippen molar-refractivity contribution in [3.05, 3.63) is 0 Å². The summed E-state index contributed by atoms with van der Waals surface area (Å²) in [5, 5.41) is 14.7. The Bertz CT molecular complexity index is 108. The molecule has 0 aromatic rings. The number of hydrogen-bond acceptors (Lipinski definition) is 2. The molecule has 0 aliphatic rings. The van der Waals surface area contributed by atoms with E-state index < -0.39 is 5.41 Å². The second kappa shape index (κ2) is 1.74. The third-order valence-corrected chi connectivity index (χ3v) is 0.592. The topological polar surface area (TPSA) is 47.6 Å². The van der Waals surface area contributed by atoms with Crippen LogP contribution in [0, 0.1) is 22.2 Å². The van der Waals surface area contributed by atoms with Gasteiger partial charge in [-0.25, -0.2) is 0 Å². The standard InChI is InChI=1S/C5H7N2/c1-5(2,3-6)4-7/h6H,1-2H3. The maximum Gasteiger partial charge on any atom is 0.0948 e. The van der Waals surface area contributed by atoms with Crippen molar-refractivity contribution >= 4 is 6.21 Å².